The zero-order valence-corrected chi connectivity index (χ0v) is 36.8. The average molecular weight is 833 g/mol. The van der Waals surface area contributed by atoms with E-state index in [1.807, 2.05) is 38.1 Å². The van der Waals surface area contributed by atoms with E-state index in [0.29, 0.717) is 55.5 Å². The number of ether oxygens (including phenoxy) is 3. The first-order chi connectivity index (χ1) is 29.6. The van der Waals surface area contributed by atoms with Crippen LogP contribution in [0.3, 0.4) is 0 Å². The Hall–Kier alpha value is -3.53. The number of benzene rings is 2. The van der Waals surface area contributed by atoms with E-state index < -0.39 is 17.1 Å². The van der Waals surface area contributed by atoms with Crippen LogP contribution in [0, 0.1) is 23.7 Å². The number of rotatable bonds is 15. The van der Waals surface area contributed by atoms with Gasteiger partial charge in [-0.3, -0.25) is 24.2 Å². The molecule has 4 bridgehead atoms. The second-order valence-corrected chi connectivity index (χ2v) is 20.8. The zero-order valence-electron chi connectivity index (χ0n) is 36.8. The fraction of sp³-hybridized carbons (Fsp3) is 0.673. The van der Waals surface area contributed by atoms with Crippen LogP contribution in [0.15, 0.2) is 43.0 Å². The monoisotopic (exact) mass is 833 g/mol. The van der Waals surface area contributed by atoms with Gasteiger partial charge in [-0.25, -0.2) is 0 Å². The molecular formula is C52H68N2O7. The second kappa shape index (κ2) is 16.2. The van der Waals surface area contributed by atoms with Crippen LogP contribution < -0.4 is 14.2 Å². The van der Waals surface area contributed by atoms with E-state index in [4.69, 9.17) is 14.2 Å². The first-order valence-electron chi connectivity index (χ1n) is 24.3. The van der Waals surface area contributed by atoms with Crippen molar-refractivity contribution >= 4 is 17.7 Å². The van der Waals surface area contributed by atoms with Crippen molar-refractivity contribution in [2.24, 2.45) is 23.7 Å². The van der Waals surface area contributed by atoms with Gasteiger partial charge in [0.2, 0.25) is 0 Å². The Bertz CT molecular complexity index is 2060. The minimum atomic E-state index is -1.10. The standard InChI is InChI=1S/C52H68N2O7/c1-4-26-53-28-25-51-45-37-18-20-43(46(45)61-47(51)42(55)21-23-52(51,58)44(53)30-37)60-49(57)34(3)13-8-6-5-7-12-33(2)48(56)59-38-19-17-36-29-41-39-16-9-10-22-50(39,40(36)31-38)24-27-54(41)32-35-14-11-15-35/h4,17-20,31,33-35,39,41,44,47,58H,1,5-16,21-30,32H2,2-3H3/t33?,34?,39-,41+,44+,47-,50+,51-,52+/m0/s1. The molecule has 9 nitrogen and oxygen atoms in total. The summed E-state index contributed by atoms with van der Waals surface area (Å²) in [7, 11) is 0. The zero-order chi connectivity index (χ0) is 42.1. The minimum Gasteiger partial charge on any atom is -0.477 e. The molecule has 1 spiro atoms. The fourth-order valence-corrected chi connectivity index (χ4v) is 14.1. The molecule has 5 fully saturated rings. The molecule has 328 valence electrons. The van der Waals surface area contributed by atoms with E-state index in [0.717, 1.165) is 68.0 Å². The number of nitrogens with zero attached hydrogens (tertiary/aromatic N) is 2. The molecule has 3 saturated carbocycles. The molecule has 0 radical (unpaired) electrons. The number of hydrogen-bond donors (Lipinski definition) is 1. The van der Waals surface area contributed by atoms with Crippen molar-refractivity contribution in [1.82, 2.24) is 9.80 Å². The number of ketones is 1. The third-order valence-electron chi connectivity index (χ3n) is 17.6. The molecule has 5 aliphatic carbocycles. The number of Topliss-reactive ketones (excluding diaryl/α,β-unsaturated/α-hetero) is 1. The van der Waals surface area contributed by atoms with Gasteiger partial charge in [-0.2, -0.15) is 0 Å². The van der Waals surface area contributed by atoms with E-state index in [9.17, 15) is 19.5 Å². The Morgan fingerprint density at radius 2 is 1.64 bits per heavy atom. The number of aliphatic hydroxyl groups is 1. The first kappa shape index (κ1) is 41.5. The smallest absolute Gasteiger partial charge is 0.314 e. The molecule has 9 atom stereocenters. The molecule has 2 aromatic rings. The minimum absolute atomic E-state index is 0.0142. The number of carbonyl (C=O) groups is 3. The van der Waals surface area contributed by atoms with Gasteiger partial charge in [-0.1, -0.05) is 77.0 Å². The average Bonchev–Trinajstić information content (AvgIpc) is 3.60. The lowest BCUT2D eigenvalue weighted by atomic mass is 9.49. The third kappa shape index (κ3) is 6.76. The Morgan fingerprint density at radius 1 is 0.885 bits per heavy atom. The maximum absolute atomic E-state index is 13.5. The highest BCUT2D eigenvalue weighted by Gasteiger charge is 2.73. The van der Waals surface area contributed by atoms with Crippen molar-refractivity contribution in [3.8, 4) is 17.2 Å². The quantitative estimate of drug-likeness (QED) is 0.0818. The highest BCUT2D eigenvalue weighted by molar-refractivity contribution is 5.90. The summed E-state index contributed by atoms with van der Waals surface area (Å²) in [5, 5.41) is 12.4. The van der Waals surface area contributed by atoms with Crippen molar-refractivity contribution in [1.29, 1.82) is 0 Å². The van der Waals surface area contributed by atoms with Crippen LogP contribution in [-0.4, -0.2) is 82.6 Å². The maximum atomic E-state index is 13.5. The highest BCUT2D eigenvalue weighted by Crippen LogP contribution is 2.65. The number of esters is 2. The molecule has 3 aliphatic heterocycles. The number of likely N-dealkylation sites (tertiary alicyclic amines) is 2. The van der Waals surface area contributed by atoms with E-state index in [2.05, 4.69) is 28.5 Å². The summed E-state index contributed by atoms with van der Waals surface area (Å²) in [6.07, 6.45) is 20.1. The molecule has 0 amide bonds. The molecule has 3 heterocycles. The van der Waals surface area contributed by atoms with Crippen molar-refractivity contribution in [3.63, 3.8) is 0 Å². The molecule has 2 aromatic carbocycles. The lowest BCUT2D eigenvalue weighted by Crippen LogP contribution is -2.76. The third-order valence-corrected chi connectivity index (χ3v) is 17.6. The van der Waals surface area contributed by atoms with Crippen LogP contribution in [0.2, 0.25) is 0 Å². The summed E-state index contributed by atoms with van der Waals surface area (Å²) in [5.41, 5.74) is 3.22. The van der Waals surface area contributed by atoms with Gasteiger partial charge in [-0.05, 0) is 124 Å². The number of piperidine rings is 2. The first-order valence-corrected chi connectivity index (χ1v) is 24.3. The summed E-state index contributed by atoms with van der Waals surface area (Å²) in [4.78, 5) is 45.4. The lowest BCUT2D eigenvalue weighted by molar-refractivity contribution is -0.187. The van der Waals surface area contributed by atoms with Crippen LogP contribution in [0.5, 0.6) is 17.2 Å². The summed E-state index contributed by atoms with van der Waals surface area (Å²) < 4.78 is 18.6. The maximum Gasteiger partial charge on any atom is 0.314 e. The Kier molecular flexibility index (Phi) is 11.0. The summed E-state index contributed by atoms with van der Waals surface area (Å²) in [6, 6.07) is 10.9. The van der Waals surface area contributed by atoms with Crippen LogP contribution >= 0.6 is 0 Å². The predicted octanol–water partition coefficient (Wildman–Crippen LogP) is 8.58. The van der Waals surface area contributed by atoms with Crippen LogP contribution in [0.25, 0.3) is 0 Å². The van der Waals surface area contributed by atoms with Gasteiger partial charge in [0.15, 0.2) is 23.4 Å². The normalized spacial score (nSPS) is 33.3. The lowest BCUT2D eigenvalue weighted by Gasteiger charge is -2.62. The summed E-state index contributed by atoms with van der Waals surface area (Å²) in [6.45, 7) is 11.8. The Balaban J connectivity index is 0.700. The molecule has 61 heavy (non-hydrogen) atoms. The summed E-state index contributed by atoms with van der Waals surface area (Å²) >= 11 is 0. The molecule has 2 saturated heterocycles. The highest BCUT2D eigenvalue weighted by atomic mass is 16.6. The van der Waals surface area contributed by atoms with Crippen molar-refractivity contribution in [3.05, 3.63) is 65.2 Å². The SMILES string of the molecule is C=CCN1CC[C@]23c4c5ccc(OC(=O)C(C)CCCCCCC(C)C(=O)Oc6ccc7c(c6)[C@@]68CCCC[C@H]6[C@@H](C7)N(CC6CCC6)CC8)c4O[C@H]2C(=O)CC[C@@]3(O)[C@H]1C5. The molecular weight excluding hydrogens is 765 g/mol. The van der Waals surface area contributed by atoms with Gasteiger partial charge in [0, 0.05) is 49.1 Å². The predicted molar refractivity (Wildman–Crippen MR) is 234 cm³/mol. The molecule has 8 aliphatic rings. The Labute approximate surface area is 362 Å². The van der Waals surface area contributed by atoms with E-state index in [-0.39, 0.29) is 47.4 Å². The van der Waals surface area contributed by atoms with Gasteiger partial charge in [0.05, 0.1) is 22.9 Å². The van der Waals surface area contributed by atoms with E-state index in [1.54, 1.807) is 0 Å². The van der Waals surface area contributed by atoms with Gasteiger partial charge < -0.3 is 19.3 Å². The van der Waals surface area contributed by atoms with E-state index in [1.165, 1.54) is 75.6 Å². The molecule has 9 heteroatoms. The molecule has 10 rings (SSSR count). The molecule has 0 aromatic heterocycles. The fourth-order valence-electron chi connectivity index (χ4n) is 14.1. The number of hydrogen-bond acceptors (Lipinski definition) is 9. The van der Waals surface area contributed by atoms with Crippen molar-refractivity contribution < 1.29 is 33.7 Å². The van der Waals surface area contributed by atoms with Crippen LogP contribution in [0.1, 0.15) is 145 Å². The summed E-state index contributed by atoms with van der Waals surface area (Å²) in [5.74, 6) is 2.24. The van der Waals surface area contributed by atoms with Crippen LogP contribution in [0.4, 0.5) is 0 Å². The Morgan fingerprint density at radius 3 is 2.39 bits per heavy atom. The number of fused-ring (bicyclic) bond motifs is 1. The van der Waals surface area contributed by atoms with Crippen LogP contribution in [-0.2, 0) is 38.1 Å². The van der Waals surface area contributed by atoms with Gasteiger partial charge in [0.25, 0.3) is 0 Å². The molecule has 2 unspecified atom stereocenters. The number of carbonyl (C=O) groups excluding carboxylic acids is 3. The van der Waals surface area contributed by atoms with Gasteiger partial charge in [-0.15, -0.1) is 6.58 Å². The largest absolute Gasteiger partial charge is 0.477 e. The van der Waals surface area contributed by atoms with Crippen molar-refractivity contribution in [2.75, 3.05) is 26.2 Å². The van der Waals surface area contributed by atoms with Gasteiger partial charge in [0.1, 0.15) is 5.75 Å². The van der Waals surface area contributed by atoms with Gasteiger partial charge >= 0.3 is 11.9 Å². The second-order valence-electron chi connectivity index (χ2n) is 20.8. The molecule has 1 N–H and O–H groups in total. The number of unbranched alkanes of at least 4 members (excludes halogenated alkanes) is 3. The van der Waals surface area contributed by atoms with Crippen molar-refractivity contribution in [2.45, 2.75) is 170 Å². The topological polar surface area (TPSA) is 106 Å². The van der Waals surface area contributed by atoms with E-state index >= 15 is 0 Å².